The number of urea groups is 1. The summed E-state index contributed by atoms with van der Waals surface area (Å²) in [5, 5.41) is 4.84. The second-order valence-corrected chi connectivity index (χ2v) is 3.60. The highest BCUT2D eigenvalue weighted by Crippen LogP contribution is 2.07. The summed E-state index contributed by atoms with van der Waals surface area (Å²) in [4.78, 5) is 21.3. The number of hydrogen-bond acceptors (Lipinski definition) is 4. The molecule has 4 N–H and O–H groups in total. The molecule has 0 unspecified atom stereocenters. The third-order valence-corrected chi connectivity index (χ3v) is 2.06. The van der Waals surface area contributed by atoms with Crippen LogP contribution in [0.25, 0.3) is 0 Å². The van der Waals surface area contributed by atoms with E-state index in [9.17, 15) is 9.59 Å². The van der Waals surface area contributed by atoms with Gasteiger partial charge in [-0.2, -0.15) is 0 Å². The number of para-hydroxylation sites is 1. The smallest absolute Gasteiger partial charge is 0.318 e. The normalized spacial score (nSPS) is 9.78. The second kappa shape index (κ2) is 8.08. The average molecular weight is 251 g/mol. The number of ether oxygens (including phenoxy) is 1. The zero-order valence-corrected chi connectivity index (χ0v) is 10.0. The Morgan fingerprint density at radius 1 is 1.22 bits per heavy atom. The van der Waals surface area contributed by atoms with Crippen LogP contribution in [0.5, 0.6) is 5.75 Å². The van der Waals surface area contributed by atoms with E-state index in [0.29, 0.717) is 13.2 Å². The van der Waals surface area contributed by atoms with Gasteiger partial charge in [0.05, 0.1) is 13.2 Å². The van der Waals surface area contributed by atoms with Gasteiger partial charge in [0.2, 0.25) is 5.91 Å². The fourth-order valence-corrected chi connectivity index (χ4v) is 1.29. The molecule has 0 radical (unpaired) electrons. The molecule has 18 heavy (non-hydrogen) atoms. The van der Waals surface area contributed by atoms with Gasteiger partial charge in [0, 0.05) is 0 Å². The van der Waals surface area contributed by atoms with Gasteiger partial charge in [0.25, 0.3) is 0 Å². The quantitative estimate of drug-likeness (QED) is 0.605. The number of hydrogen-bond donors (Lipinski definition) is 3. The molecule has 1 rings (SSSR count). The summed E-state index contributed by atoms with van der Waals surface area (Å²) in [6.07, 6.45) is 0.763. The number of nitrogens with one attached hydrogen (secondary N) is 2. The second-order valence-electron chi connectivity index (χ2n) is 3.60. The van der Waals surface area contributed by atoms with Crippen molar-refractivity contribution in [2.24, 2.45) is 5.73 Å². The topological polar surface area (TPSA) is 93.5 Å². The van der Waals surface area contributed by atoms with Crippen LogP contribution in [-0.2, 0) is 4.79 Å². The van der Waals surface area contributed by atoms with Crippen LogP contribution in [0.2, 0.25) is 0 Å². The fraction of sp³-hybridized carbons (Fsp3) is 0.333. The lowest BCUT2D eigenvalue weighted by molar-refractivity contribution is -0.119. The van der Waals surface area contributed by atoms with E-state index in [-0.39, 0.29) is 6.54 Å². The van der Waals surface area contributed by atoms with Crippen LogP contribution in [0.4, 0.5) is 4.79 Å². The van der Waals surface area contributed by atoms with Crippen molar-refractivity contribution >= 4 is 11.9 Å². The molecule has 0 saturated carbocycles. The predicted octanol–water partition coefficient (Wildman–Crippen LogP) is 0.240. The Labute approximate surface area is 105 Å². The van der Waals surface area contributed by atoms with Crippen LogP contribution >= 0.6 is 0 Å². The number of rotatable bonds is 7. The van der Waals surface area contributed by atoms with Crippen LogP contribution in [0.15, 0.2) is 30.3 Å². The van der Waals surface area contributed by atoms with Gasteiger partial charge < -0.3 is 15.8 Å². The number of primary amides is 1. The lowest BCUT2D eigenvalue weighted by Gasteiger charge is -2.06. The predicted molar refractivity (Wildman–Crippen MR) is 67.1 cm³/mol. The number of benzene rings is 1. The van der Waals surface area contributed by atoms with Crippen molar-refractivity contribution in [3.63, 3.8) is 0 Å². The first-order valence-electron chi connectivity index (χ1n) is 5.66. The third kappa shape index (κ3) is 6.49. The Morgan fingerprint density at radius 3 is 2.61 bits per heavy atom. The van der Waals surface area contributed by atoms with Crippen LogP contribution in [-0.4, -0.2) is 31.6 Å². The highest BCUT2D eigenvalue weighted by Gasteiger charge is 2.02. The summed E-state index contributed by atoms with van der Waals surface area (Å²) in [6.45, 7) is 1.25. The van der Waals surface area contributed by atoms with Crippen LogP contribution in [0.3, 0.4) is 0 Å². The zero-order chi connectivity index (χ0) is 13.2. The summed E-state index contributed by atoms with van der Waals surface area (Å²) < 4.78 is 5.46. The fourth-order valence-electron chi connectivity index (χ4n) is 1.29. The summed E-state index contributed by atoms with van der Waals surface area (Å²) in [7, 11) is 0. The molecule has 0 bridgehead atoms. The molecule has 3 amide bonds. The molecule has 0 aliphatic carbocycles. The molecular formula is C12H17N3O3. The minimum Gasteiger partial charge on any atom is -0.494 e. The number of carbonyl (C=O) groups excluding carboxylic acids is 2. The maximum atomic E-state index is 11.0. The van der Waals surface area contributed by atoms with E-state index < -0.39 is 11.9 Å². The summed E-state index contributed by atoms with van der Waals surface area (Å²) in [5.41, 5.74) is 4.79. The van der Waals surface area contributed by atoms with E-state index in [4.69, 9.17) is 10.5 Å². The van der Waals surface area contributed by atoms with Gasteiger partial charge in [-0.25, -0.2) is 4.79 Å². The van der Waals surface area contributed by atoms with Crippen LogP contribution < -0.4 is 21.1 Å². The van der Waals surface area contributed by atoms with Crippen molar-refractivity contribution in [3.8, 4) is 5.75 Å². The van der Waals surface area contributed by atoms with E-state index >= 15 is 0 Å². The van der Waals surface area contributed by atoms with Gasteiger partial charge in [-0.1, -0.05) is 18.2 Å². The van der Waals surface area contributed by atoms with Crippen molar-refractivity contribution in [2.75, 3.05) is 19.7 Å². The largest absolute Gasteiger partial charge is 0.494 e. The van der Waals surface area contributed by atoms with Gasteiger partial charge in [0.1, 0.15) is 5.75 Å². The third-order valence-electron chi connectivity index (χ3n) is 2.06. The highest BCUT2D eigenvalue weighted by molar-refractivity contribution is 5.94. The molecule has 98 valence electrons. The van der Waals surface area contributed by atoms with Crippen molar-refractivity contribution in [3.05, 3.63) is 30.3 Å². The Bertz CT molecular complexity index is 381. The number of imide groups is 1. The highest BCUT2D eigenvalue weighted by atomic mass is 16.5. The molecule has 0 fully saturated rings. The van der Waals surface area contributed by atoms with E-state index in [0.717, 1.165) is 12.2 Å². The minimum atomic E-state index is -0.839. The lowest BCUT2D eigenvalue weighted by atomic mass is 10.3. The molecule has 1 aromatic rings. The van der Waals surface area contributed by atoms with Gasteiger partial charge in [-0.05, 0) is 25.1 Å². The van der Waals surface area contributed by atoms with Crippen molar-refractivity contribution < 1.29 is 14.3 Å². The number of carbonyl (C=O) groups is 2. The Kier molecular flexibility index (Phi) is 6.27. The number of amides is 3. The van der Waals surface area contributed by atoms with E-state index in [1.54, 1.807) is 0 Å². The summed E-state index contributed by atoms with van der Waals surface area (Å²) in [5.74, 6) is 0.385. The monoisotopic (exact) mass is 251 g/mol. The summed E-state index contributed by atoms with van der Waals surface area (Å²) >= 11 is 0. The standard InChI is InChI=1S/C12H17N3O3/c13-12(17)15-11(16)9-14-7-4-8-18-10-5-2-1-3-6-10/h1-3,5-6,14H,4,7-9H2,(H3,13,15,16,17). The molecule has 0 spiro atoms. The van der Waals surface area contributed by atoms with E-state index in [2.05, 4.69) is 5.32 Å². The average Bonchev–Trinajstić information content (AvgIpc) is 2.34. The molecule has 0 aromatic heterocycles. The SMILES string of the molecule is NC(=O)NC(=O)CNCCCOc1ccccc1. The van der Waals surface area contributed by atoms with Crippen molar-refractivity contribution in [1.29, 1.82) is 0 Å². The maximum Gasteiger partial charge on any atom is 0.318 e. The summed E-state index contributed by atoms with van der Waals surface area (Å²) in [6, 6.07) is 8.66. The number of nitrogens with two attached hydrogens (primary N) is 1. The molecule has 6 nitrogen and oxygen atoms in total. The molecular weight excluding hydrogens is 234 g/mol. The Balaban J connectivity index is 1.99. The first-order chi connectivity index (χ1) is 8.68. The molecule has 0 aliphatic rings. The van der Waals surface area contributed by atoms with Gasteiger partial charge in [-0.3, -0.25) is 10.1 Å². The van der Waals surface area contributed by atoms with Gasteiger partial charge >= 0.3 is 6.03 Å². The molecule has 0 saturated heterocycles. The Morgan fingerprint density at radius 2 is 1.94 bits per heavy atom. The lowest BCUT2D eigenvalue weighted by Crippen LogP contribution is -2.40. The molecule has 0 heterocycles. The van der Waals surface area contributed by atoms with Crippen molar-refractivity contribution in [1.82, 2.24) is 10.6 Å². The van der Waals surface area contributed by atoms with E-state index in [1.807, 2.05) is 35.6 Å². The molecule has 1 aromatic carbocycles. The van der Waals surface area contributed by atoms with Crippen LogP contribution in [0, 0.1) is 0 Å². The first kappa shape index (κ1) is 14.0. The van der Waals surface area contributed by atoms with Gasteiger partial charge in [0.15, 0.2) is 0 Å². The molecule has 0 atom stereocenters. The first-order valence-corrected chi connectivity index (χ1v) is 5.66. The Hall–Kier alpha value is -2.08. The molecule has 0 aliphatic heterocycles. The van der Waals surface area contributed by atoms with Crippen molar-refractivity contribution in [2.45, 2.75) is 6.42 Å². The van der Waals surface area contributed by atoms with Gasteiger partial charge in [-0.15, -0.1) is 0 Å². The van der Waals surface area contributed by atoms with Crippen LogP contribution in [0.1, 0.15) is 6.42 Å². The molecule has 6 heteroatoms. The maximum absolute atomic E-state index is 11.0. The zero-order valence-electron chi connectivity index (χ0n) is 10.0. The van der Waals surface area contributed by atoms with E-state index in [1.165, 1.54) is 0 Å². The minimum absolute atomic E-state index is 0.0638.